The van der Waals surface area contributed by atoms with Gasteiger partial charge in [0, 0.05) is 15.7 Å². The average molecular weight is 648 g/mol. The molecule has 0 aliphatic heterocycles. The topological polar surface area (TPSA) is 80.6 Å². The molecule has 0 saturated carbocycles. The molecule has 0 heterocycles. The van der Waals surface area contributed by atoms with Crippen LogP contribution < -0.4 is 19.5 Å². The Hall–Kier alpha value is -4.06. The lowest BCUT2D eigenvalue weighted by Gasteiger charge is -2.14. The van der Waals surface area contributed by atoms with Gasteiger partial charge in [-0.1, -0.05) is 64.5 Å². The third-order valence-corrected chi connectivity index (χ3v) is 6.98. The number of halogens is 2. The van der Waals surface area contributed by atoms with Gasteiger partial charge in [-0.15, -0.1) is 0 Å². The number of methoxy groups -OCH3 is 1. The van der Waals surface area contributed by atoms with Crippen LogP contribution in [-0.2, 0) is 18.0 Å². The van der Waals surface area contributed by atoms with Gasteiger partial charge < -0.3 is 19.5 Å². The summed E-state index contributed by atoms with van der Waals surface area (Å²) in [6, 6.07) is 30.1. The predicted molar refractivity (Wildman–Crippen MR) is 159 cm³/mol. The standard InChI is InChI=1S/C31H24Br2N2O4/c1-37-29-17-22(16-28(33)30(29)39-20-23-9-5-6-10-27(23)32)15-24(18-34)31(36)35-25-11-13-26(14-12-25)38-19-21-7-3-2-4-8-21/h2-17H,19-20H2,1H3,(H,35,36)/b24-15+. The fourth-order valence-corrected chi connectivity index (χ4v) is 4.59. The Morgan fingerprint density at radius 2 is 1.62 bits per heavy atom. The molecule has 0 fully saturated rings. The second-order valence-electron chi connectivity index (χ2n) is 8.34. The van der Waals surface area contributed by atoms with E-state index in [0.29, 0.717) is 46.2 Å². The molecule has 1 N–H and O–H groups in total. The van der Waals surface area contributed by atoms with Crippen LogP contribution in [0.2, 0.25) is 0 Å². The molecule has 4 aromatic carbocycles. The number of ether oxygens (including phenoxy) is 3. The highest BCUT2D eigenvalue weighted by molar-refractivity contribution is 9.10. The quantitative estimate of drug-likeness (QED) is 0.140. The molecule has 4 aromatic rings. The molecule has 0 unspecified atom stereocenters. The van der Waals surface area contributed by atoms with Crippen molar-refractivity contribution in [2.24, 2.45) is 0 Å². The number of nitriles is 1. The summed E-state index contributed by atoms with van der Waals surface area (Å²) in [5.74, 6) is 1.13. The van der Waals surface area contributed by atoms with E-state index in [1.807, 2.05) is 60.7 Å². The van der Waals surface area contributed by atoms with E-state index in [0.717, 1.165) is 15.6 Å². The average Bonchev–Trinajstić information content (AvgIpc) is 2.96. The van der Waals surface area contributed by atoms with Crippen molar-refractivity contribution in [1.82, 2.24) is 0 Å². The highest BCUT2D eigenvalue weighted by Crippen LogP contribution is 2.38. The minimum Gasteiger partial charge on any atom is -0.493 e. The molecule has 4 rings (SSSR count). The van der Waals surface area contributed by atoms with Crippen molar-refractivity contribution in [3.05, 3.63) is 122 Å². The predicted octanol–water partition coefficient (Wildman–Crippen LogP) is 7.92. The SMILES string of the molecule is COc1cc(/C=C(\C#N)C(=O)Nc2ccc(OCc3ccccc3)cc2)cc(Br)c1OCc1ccccc1Br. The molecule has 0 spiro atoms. The molecule has 0 bridgehead atoms. The van der Waals surface area contributed by atoms with E-state index in [9.17, 15) is 10.1 Å². The first-order valence-corrected chi connectivity index (χ1v) is 13.5. The first-order chi connectivity index (χ1) is 19.0. The van der Waals surface area contributed by atoms with Crippen LogP contribution in [0.5, 0.6) is 17.2 Å². The van der Waals surface area contributed by atoms with Crippen LogP contribution in [0.4, 0.5) is 5.69 Å². The molecule has 8 heteroatoms. The lowest BCUT2D eigenvalue weighted by molar-refractivity contribution is -0.112. The molecule has 1 amide bonds. The number of carbonyl (C=O) groups excluding carboxylic acids is 1. The van der Waals surface area contributed by atoms with Crippen molar-refractivity contribution >= 4 is 49.5 Å². The number of nitrogens with one attached hydrogen (secondary N) is 1. The van der Waals surface area contributed by atoms with E-state index in [-0.39, 0.29) is 5.57 Å². The van der Waals surface area contributed by atoms with Gasteiger partial charge in [-0.3, -0.25) is 4.79 Å². The third-order valence-electron chi connectivity index (χ3n) is 5.62. The van der Waals surface area contributed by atoms with Gasteiger partial charge in [0.15, 0.2) is 11.5 Å². The molecule has 0 aliphatic rings. The maximum absolute atomic E-state index is 12.8. The van der Waals surface area contributed by atoms with Gasteiger partial charge in [0.1, 0.15) is 30.6 Å². The summed E-state index contributed by atoms with van der Waals surface area (Å²) in [6.45, 7) is 0.772. The molecule has 39 heavy (non-hydrogen) atoms. The number of nitrogens with zero attached hydrogens (tertiary/aromatic N) is 1. The molecule has 6 nitrogen and oxygen atoms in total. The molecule has 0 aliphatic carbocycles. The lowest BCUT2D eigenvalue weighted by atomic mass is 10.1. The smallest absolute Gasteiger partial charge is 0.266 e. The van der Waals surface area contributed by atoms with Gasteiger partial charge in [0.05, 0.1) is 11.6 Å². The van der Waals surface area contributed by atoms with Crippen molar-refractivity contribution < 1.29 is 19.0 Å². The molecule has 0 radical (unpaired) electrons. The number of amides is 1. The summed E-state index contributed by atoms with van der Waals surface area (Å²) in [6.07, 6.45) is 1.50. The third kappa shape index (κ3) is 7.73. The van der Waals surface area contributed by atoms with Crippen LogP contribution in [0, 0.1) is 11.3 Å². The molecule has 196 valence electrons. The van der Waals surface area contributed by atoms with Crippen LogP contribution in [0.3, 0.4) is 0 Å². The monoisotopic (exact) mass is 646 g/mol. The number of anilines is 1. The maximum atomic E-state index is 12.8. The number of benzene rings is 4. The molecule has 0 atom stereocenters. The van der Waals surface area contributed by atoms with Gasteiger partial charge in [-0.2, -0.15) is 5.26 Å². The summed E-state index contributed by atoms with van der Waals surface area (Å²) in [4.78, 5) is 12.8. The second-order valence-corrected chi connectivity index (χ2v) is 10.0. The highest BCUT2D eigenvalue weighted by Gasteiger charge is 2.15. The van der Waals surface area contributed by atoms with Crippen molar-refractivity contribution in [2.45, 2.75) is 13.2 Å². The molecule has 0 saturated heterocycles. The second kappa shape index (κ2) is 13.7. The van der Waals surface area contributed by atoms with Gasteiger partial charge >= 0.3 is 0 Å². The van der Waals surface area contributed by atoms with E-state index >= 15 is 0 Å². The Kier molecular flexibility index (Phi) is 9.79. The van der Waals surface area contributed by atoms with Crippen LogP contribution >= 0.6 is 31.9 Å². The summed E-state index contributed by atoms with van der Waals surface area (Å²) in [5, 5.41) is 12.4. The first kappa shape index (κ1) is 28.0. The van der Waals surface area contributed by atoms with Crippen molar-refractivity contribution in [2.75, 3.05) is 12.4 Å². The van der Waals surface area contributed by atoms with Crippen LogP contribution in [-0.4, -0.2) is 13.0 Å². The van der Waals surface area contributed by atoms with Crippen molar-refractivity contribution in [3.63, 3.8) is 0 Å². The Labute approximate surface area is 244 Å². The van der Waals surface area contributed by atoms with Crippen LogP contribution in [0.25, 0.3) is 6.08 Å². The summed E-state index contributed by atoms with van der Waals surface area (Å²) in [7, 11) is 1.53. The molecular formula is C31H24Br2N2O4. The Bertz CT molecular complexity index is 1510. The van der Waals surface area contributed by atoms with Crippen LogP contribution in [0.15, 0.2) is 106 Å². The van der Waals surface area contributed by atoms with E-state index in [1.165, 1.54) is 13.2 Å². The van der Waals surface area contributed by atoms with E-state index in [4.69, 9.17) is 14.2 Å². The number of hydrogen-bond donors (Lipinski definition) is 1. The number of carbonyl (C=O) groups is 1. The van der Waals surface area contributed by atoms with E-state index in [2.05, 4.69) is 37.2 Å². The van der Waals surface area contributed by atoms with Gasteiger partial charge in [0.2, 0.25) is 0 Å². The number of hydrogen-bond acceptors (Lipinski definition) is 5. The van der Waals surface area contributed by atoms with Crippen LogP contribution in [0.1, 0.15) is 16.7 Å². The summed E-state index contributed by atoms with van der Waals surface area (Å²) < 4.78 is 18.9. The van der Waals surface area contributed by atoms with Crippen molar-refractivity contribution in [1.29, 1.82) is 5.26 Å². The Morgan fingerprint density at radius 1 is 0.897 bits per heavy atom. The largest absolute Gasteiger partial charge is 0.493 e. The normalized spacial score (nSPS) is 10.9. The Morgan fingerprint density at radius 3 is 2.31 bits per heavy atom. The van der Waals surface area contributed by atoms with E-state index < -0.39 is 5.91 Å². The fourth-order valence-electron chi connectivity index (χ4n) is 3.62. The van der Waals surface area contributed by atoms with E-state index in [1.54, 1.807) is 36.4 Å². The molecular weight excluding hydrogens is 624 g/mol. The lowest BCUT2D eigenvalue weighted by Crippen LogP contribution is -2.13. The number of rotatable bonds is 10. The fraction of sp³-hybridized carbons (Fsp3) is 0.0968. The summed E-state index contributed by atoms with van der Waals surface area (Å²) in [5.41, 5.74) is 3.13. The minimum atomic E-state index is -0.528. The first-order valence-electron chi connectivity index (χ1n) is 11.9. The zero-order valence-corrected chi connectivity index (χ0v) is 24.2. The summed E-state index contributed by atoms with van der Waals surface area (Å²) >= 11 is 7.05. The maximum Gasteiger partial charge on any atom is 0.266 e. The zero-order chi connectivity index (χ0) is 27.6. The minimum absolute atomic E-state index is 0.0600. The van der Waals surface area contributed by atoms with Gasteiger partial charge in [0.25, 0.3) is 5.91 Å². The highest BCUT2D eigenvalue weighted by atomic mass is 79.9. The van der Waals surface area contributed by atoms with Gasteiger partial charge in [-0.05, 0) is 75.6 Å². The zero-order valence-electron chi connectivity index (χ0n) is 21.0. The Balaban J connectivity index is 1.43. The molecule has 0 aromatic heterocycles. The van der Waals surface area contributed by atoms with Crippen molar-refractivity contribution in [3.8, 4) is 23.3 Å². The van der Waals surface area contributed by atoms with Gasteiger partial charge in [-0.25, -0.2) is 0 Å².